The molecule has 0 aliphatic carbocycles. The molecule has 1 amide bonds. The normalized spacial score (nSPS) is 13.1. The Morgan fingerprint density at radius 1 is 1.33 bits per heavy atom. The lowest BCUT2D eigenvalue weighted by atomic mass is 10.2. The van der Waals surface area contributed by atoms with Gasteiger partial charge < -0.3 is 10.1 Å². The van der Waals surface area contributed by atoms with E-state index in [4.69, 9.17) is 0 Å². The maximum atomic E-state index is 12.0. The highest BCUT2D eigenvalue weighted by Crippen LogP contribution is 2.22. The van der Waals surface area contributed by atoms with E-state index in [9.17, 15) is 18.0 Å². The van der Waals surface area contributed by atoms with Crippen LogP contribution in [0, 0.1) is 0 Å². The van der Waals surface area contributed by atoms with Gasteiger partial charge in [0.25, 0.3) is 5.91 Å². The average molecular weight is 298 g/mol. The zero-order valence-corrected chi connectivity index (χ0v) is 11.1. The molecule has 0 saturated carbocycles. The molecule has 4 nitrogen and oxygen atoms in total. The number of amides is 1. The van der Waals surface area contributed by atoms with Gasteiger partial charge in [-0.3, -0.25) is 9.78 Å². The van der Waals surface area contributed by atoms with Gasteiger partial charge in [-0.2, -0.15) is 13.2 Å². The van der Waals surface area contributed by atoms with E-state index in [1.807, 2.05) is 0 Å². The second kappa shape index (κ2) is 6.09. The van der Waals surface area contributed by atoms with Crippen molar-refractivity contribution in [3.63, 3.8) is 0 Å². The Balaban J connectivity index is 2.08. The number of aromatic nitrogens is 1. The molecule has 2 rings (SSSR count). The second-order valence-electron chi connectivity index (χ2n) is 4.43. The Morgan fingerprint density at radius 2 is 2.10 bits per heavy atom. The molecule has 0 aliphatic rings. The van der Waals surface area contributed by atoms with Gasteiger partial charge in [0.05, 0.1) is 11.2 Å². The molecule has 112 valence electrons. The molecule has 0 spiro atoms. The fraction of sp³-hybridized carbons (Fsp3) is 0.286. The predicted molar refractivity (Wildman–Crippen MR) is 71.8 cm³/mol. The van der Waals surface area contributed by atoms with Crippen molar-refractivity contribution >= 4 is 22.5 Å². The van der Waals surface area contributed by atoms with Crippen LogP contribution in [0.5, 0.6) is 0 Å². The number of fused-ring (bicyclic) bond motifs is 1. The molecule has 1 atom stereocenters. The van der Waals surface area contributed by atoms with Crippen LogP contribution in [0.3, 0.4) is 0 Å². The van der Waals surface area contributed by atoms with Crippen molar-refractivity contribution in [2.45, 2.75) is 19.2 Å². The number of benzene rings is 1. The first kappa shape index (κ1) is 15.2. The number of hydrogen-bond donors (Lipinski definition) is 1. The third-order valence-electron chi connectivity index (χ3n) is 2.77. The minimum Gasteiger partial charge on any atom is -0.359 e. The van der Waals surface area contributed by atoms with Gasteiger partial charge in [-0.25, -0.2) is 0 Å². The summed E-state index contributed by atoms with van der Waals surface area (Å²) in [4.78, 5) is 16.0. The van der Waals surface area contributed by atoms with E-state index < -0.39 is 24.8 Å². The fourth-order valence-electron chi connectivity index (χ4n) is 1.74. The van der Waals surface area contributed by atoms with Crippen LogP contribution in [0.25, 0.3) is 10.9 Å². The maximum absolute atomic E-state index is 12.0. The monoisotopic (exact) mass is 298 g/mol. The molecule has 7 heteroatoms. The summed E-state index contributed by atoms with van der Waals surface area (Å²) in [6.07, 6.45) is -4.06. The van der Waals surface area contributed by atoms with Crippen molar-refractivity contribution in [3.8, 4) is 0 Å². The molecule has 0 aliphatic heterocycles. The Hall–Kier alpha value is -2.15. The van der Waals surface area contributed by atoms with Crippen LogP contribution >= 0.6 is 0 Å². The molecule has 1 N–H and O–H groups in total. The minimum absolute atomic E-state index is 0.480. The van der Waals surface area contributed by atoms with Crippen LogP contribution in [-0.2, 0) is 9.53 Å². The number of carbonyl (C=O) groups is 1. The number of rotatable bonds is 4. The molecule has 21 heavy (non-hydrogen) atoms. The van der Waals surface area contributed by atoms with Crippen LogP contribution in [0.15, 0.2) is 36.5 Å². The van der Waals surface area contributed by atoms with Gasteiger partial charge in [-0.1, -0.05) is 6.07 Å². The second-order valence-corrected chi connectivity index (χ2v) is 4.43. The molecule has 1 aromatic carbocycles. The van der Waals surface area contributed by atoms with Gasteiger partial charge in [0.1, 0.15) is 12.7 Å². The lowest BCUT2D eigenvalue weighted by Crippen LogP contribution is -2.31. The largest absolute Gasteiger partial charge is 0.411 e. The quantitative estimate of drug-likeness (QED) is 0.943. The predicted octanol–water partition coefficient (Wildman–Crippen LogP) is 3.14. The topological polar surface area (TPSA) is 51.2 Å². The number of alkyl halides is 3. The number of nitrogens with one attached hydrogen (secondary N) is 1. The number of ether oxygens (including phenoxy) is 1. The molecule has 0 fully saturated rings. The number of carbonyl (C=O) groups excluding carboxylic acids is 1. The van der Waals surface area contributed by atoms with E-state index in [0.717, 1.165) is 0 Å². The van der Waals surface area contributed by atoms with Crippen molar-refractivity contribution in [1.29, 1.82) is 0 Å². The third kappa shape index (κ3) is 4.16. The van der Waals surface area contributed by atoms with Gasteiger partial charge in [-0.15, -0.1) is 0 Å². The highest BCUT2D eigenvalue weighted by Gasteiger charge is 2.30. The van der Waals surface area contributed by atoms with Crippen molar-refractivity contribution in [3.05, 3.63) is 36.5 Å². The third-order valence-corrected chi connectivity index (χ3v) is 2.77. The molecule has 2 aromatic rings. The molecule has 1 unspecified atom stereocenters. The maximum Gasteiger partial charge on any atom is 0.411 e. The zero-order valence-electron chi connectivity index (χ0n) is 11.1. The summed E-state index contributed by atoms with van der Waals surface area (Å²) in [6, 6.07) is 8.60. The number of anilines is 1. The van der Waals surface area contributed by atoms with Crippen LogP contribution in [-0.4, -0.2) is 29.8 Å². The van der Waals surface area contributed by atoms with E-state index in [0.29, 0.717) is 16.6 Å². The smallest absolute Gasteiger partial charge is 0.359 e. The van der Waals surface area contributed by atoms with Crippen molar-refractivity contribution < 1.29 is 22.7 Å². The van der Waals surface area contributed by atoms with E-state index >= 15 is 0 Å². The first-order chi connectivity index (χ1) is 9.87. The zero-order chi connectivity index (χ0) is 15.5. The summed E-state index contributed by atoms with van der Waals surface area (Å²) in [5.41, 5.74) is 1.16. The van der Waals surface area contributed by atoms with Crippen LogP contribution in [0.2, 0.25) is 0 Å². The molecule has 0 saturated heterocycles. The summed E-state index contributed by atoms with van der Waals surface area (Å²) in [5, 5.41) is 3.25. The van der Waals surface area contributed by atoms with Gasteiger partial charge in [0, 0.05) is 11.6 Å². The van der Waals surface area contributed by atoms with E-state index in [1.165, 1.54) is 6.92 Å². The van der Waals surface area contributed by atoms with E-state index in [1.54, 1.807) is 36.5 Å². The fourth-order valence-corrected chi connectivity index (χ4v) is 1.74. The molecule has 0 bridgehead atoms. The highest BCUT2D eigenvalue weighted by molar-refractivity contribution is 6.02. The molecule has 1 heterocycles. The minimum atomic E-state index is -4.46. The van der Waals surface area contributed by atoms with Gasteiger partial charge >= 0.3 is 6.18 Å². The molecular weight excluding hydrogens is 285 g/mol. The van der Waals surface area contributed by atoms with Crippen LogP contribution in [0.1, 0.15) is 6.92 Å². The van der Waals surface area contributed by atoms with Crippen molar-refractivity contribution in [2.24, 2.45) is 0 Å². The Labute approximate surface area is 118 Å². The lowest BCUT2D eigenvalue weighted by molar-refractivity contribution is -0.184. The Bertz CT molecular complexity index is 638. The Kier molecular flexibility index (Phi) is 4.42. The summed E-state index contributed by atoms with van der Waals surface area (Å²) in [6.45, 7) is -0.191. The first-order valence-corrected chi connectivity index (χ1v) is 6.20. The standard InChI is InChI=1S/C14H13F3N2O2/c1-9(21-8-14(15,16)17)13(20)19-12-6-2-5-11-10(12)4-3-7-18-11/h2-7,9H,8H2,1H3,(H,19,20). The number of hydrogen-bond acceptors (Lipinski definition) is 3. The van der Waals surface area contributed by atoms with Crippen LogP contribution < -0.4 is 5.32 Å². The summed E-state index contributed by atoms with van der Waals surface area (Å²) >= 11 is 0. The Morgan fingerprint density at radius 3 is 2.81 bits per heavy atom. The number of halogens is 3. The number of nitrogens with zero attached hydrogens (tertiary/aromatic N) is 1. The highest BCUT2D eigenvalue weighted by atomic mass is 19.4. The van der Waals surface area contributed by atoms with E-state index in [2.05, 4.69) is 15.0 Å². The molecule has 0 radical (unpaired) electrons. The van der Waals surface area contributed by atoms with Crippen LogP contribution in [0.4, 0.5) is 18.9 Å². The SMILES string of the molecule is CC(OCC(F)(F)F)C(=O)Nc1cccc2ncccc12. The first-order valence-electron chi connectivity index (χ1n) is 6.20. The van der Waals surface area contributed by atoms with Crippen molar-refractivity contribution in [2.75, 3.05) is 11.9 Å². The van der Waals surface area contributed by atoms with E-state index in [-0.39, 0.29) is 0 Å². The number of pyridine rings is 1. The lowest BCUT2D eigenvalue weighted by Gasteiger charge is -2.15. The van der Waals surface area contributed by atoms with Crippen molar-refractivity contribution in [1.82, 2.24) is 4.98 Å². The summed E-state index contributed by atoms with van der Waals surface area (Å²) in [7, 11) is 0. The summed E-state index contributed by atoms with van der Waals surface area (Å²) in [5.74, 6) is -0.643. The average Bonchev–Trinajstić information content (AvgIpc) is 2.44. The van der Waals surface area contributed by atoms with Gasteiger partial charge in [0.15, 0.2) is 0 Å². The van der Waals surface area contributed by atoms with Gasteiger partial charge in [-0.05, 0) is 31.2 Å². The molecule has 1 aromatic heterocycles. The van der Waals surface area contributed by atoms with Gasteiger partial charge in [0.2, 0.25) is 0 Å². The summed E-state index contributed by atoms with van der Waals surface area (Å²) < 4.78 is 40.6. The molecular formula is C14H13F3N2O2.